The van der Waals surface area contributed by atoms with E-state index in [0.717, 1.165) is 10.9 Å². The molecule has 1 aromatic carbocycles. The van der Waals surface area contributed by atoms with Crippen LogP contribution in [-0.4, -0.2) is 113 Å². The van der Waals surface area contributed by atoms with Crippen molar-refractivity contribution in [2.45, 2.75) is 107 Å². The molecule has 2 aromatic rings. The Morgan fingerprint density at radius 2 is 1.11 bits per heavy atom. The number of nitrogens with two attached hydrogens (primary N) is 8. The fourth-order valence-corrected chi connectivity index (χ4v) is 6.05. The standard InChI is InChI=1S/C37H59N15O9/c38-14-4-3-9-24(33(58)52-27(17-30(42)55)36(61)48-23(31(43)56)10-12-28(40)53)49-34(59)25(11-13-29(41)54)50-35(60)26(16-19-18-47-22-8-2-1-6-20(19)22)51-32(57)21(39)7-5-15-46-37(44)45/h1-2,6,8,18,21,23-27,47H,3-5,7,9-17,38-39H2,(H2,40,53)(H2,41,54)(H2,42,55)(H2,43,56)(H,48,61)(H,49,59)(H,50,60)(H,51,57)(H,52,58)(H4,44,45,46)/t21-,23-,24-,25-,26-,27-/m0/s1. The number of aromatic nitrogens is 1. The van der Waals surface area contributed by atoms with E-state index in [-0.39, 0.29) is 70.4 Å². The molecule has 0 unspecified atom stereocenters. The van der Waals surface area contributed by atoms with Gasteiger partial charge < -0.3 is 77.4 Å². The van der Waals surface area contributed by atoms with Gasteiger partial charge in [0, 0.05) is 42.9 Å². The van der Waals surface area contributed by atoms with Gasteiger partial charge in [-0.15, -0.1) is 0 Å². The number of primary amides is 4. The molecule has 336 valence electrons. The Hall–Kier alpha value is -6.82. The Kier molecular flexibility index (Phi) is 21.1. The molecular weight excluding hydrogens is 799 g/mol. The summed E-state index contributed by atoms with van der Waals surface area (Å²) < 4.78 is 0. The second kappa shape index (κ2) is 25.6. The summed E-state index contributed by atoms with van der Waals surface area (Å²) in [5.41, 5.74) is 45.1. The Bertz CT molecular complexity index is 1900. The second-order valence-corrected chi connectivity index (χ2v) is 14.3. The number of hydrogen-bond acceptors (Lipinski definition) is 12. The van der Waals surface area contributed by atoms with E-state index in [1.165, 1.54) is 0 Å². The average molecular weight is 858 g/mol. The first-order valence-electron chi connectivity index (χ1n) is 19.5. The molecule has 24 nitrogen and oxygen atoms in total. The van der Waals surface area contributed by atoms with Crippen LogP contribution in [0, 0.1) is 0 Å². The number of guanidine groups is 1. The molecule has 24 heteroatoms. The fraction of sp³-hybridized carbons (Fsp3) is 0.514. The van der Waals surface area contributed by atoms with Crippen LogP contribution in [0.2, 0.25) is 0 Å². The number of nitrogens with zero attached hydrogens (tertiary/aromatic N) is 1. The summed E-state index contributed by atoms with van der Waals surface area (Å²) in [5.74, 6) is -8.30. The van der Waals surface area contributed by atoms with Crippen LogP contribution in [0.3, 0.4) is 0 Å². The van der Waals surface area contributed by atoms with E-state index in [4.69, 9.17) is 45.9 Å². The molecule has 0 aliphatic heterocycles. The van der Waals surface area contributed by atoms with Gasteiger partial charge in [-0.25, -0.2) is 0 Å². The van der Waals surface area contributed by atoms with E-state index in [2.05, 4.69) is 36.6 Å². The van der Waals surface area contributed by atoms with Gasteiger partial charge >= 0.3 is 0 Å². The van der Waals surface area contributed by atoms with Gasteiger partial charge in [0.25, 0.3) is 0 Å². The average Bonchev–Trinajstić information content (AvgIpc) is 3.60. The third-order valence-electron chi connectivity index (χ3n) is 9.31. The number of aliphatic imine (C=N–C) groups is 1. The highest BCUT2D eigenvalue weighted by atomic mass is 16.2. The summed E-state index contributed by atoms with van der Waals surface area (Å²) >= 11 is 0. The summed E-state index contributed by atoms with van der Waals surface area (Å²) in [6.07, 6.45) is 0.647. The smallest absolute Gasteiger partial charge is 0.243 e. The predicted molar refractivity (Wildman–Crippen MR) is 222 cm³/mol. The number of H-pyrrole nitrogens is 1. The largest absolute Gasteiger partial charge is 0.370 e. The highest BCUT2D eigenvalue weighted by Gasteiger charge is 2.33. The quantitative estimate of drug-likeness (QED) is 0.0207. The van der Waals surface area contributed by atoms with Crippen molar-refractivity contribution in [2.24, 2.45) is 50.9 Å². The van der Waals surface area contributed by atoms with Gasteiger partial charge in [0.15, 0.2) is 5.96 Å². The number of rotatable bonds is 29. The Balaban J connectivity index is 2.40. The van der Waals surface area contributed by atoms with Gasteiger partial charge in [-0.05, 0) is 63.1 Å². The lowest BCUT2D eigenvalue weighted by Gasteiger charge is -2.27. The van der Waals surface area contributed by atoms with Crippen molar-refractivity contribution in [2.75, 3.05) is 13.1 Å². The summed E-state index contributed by atoms with van der Waals surface area (Å²) in [5, 5.41) is 13.1. The van der Waals surface area contributed by atoms with E-state index in [9.17, 15) is 43.2 Å². The van der Waals surface area contributed by atoms with Gasteiger partial charge in [-0.2, -0.15) is 0 Å². The van der Waals surface area contributed by atoms with Gasteiger partial charge in [0.1, 0.15) is 30.2 Å². The molecule has 0 bridgehead atoms. The van der Waals surface area contributed by atoms with E-state index >= 15 is 0 Å². The molecule has 0 radical (unpaired) electrons. The van der Waals surface area contributed by atoms with Gasteiger partial charge in [0.05, 0.1) is 12.5 Å². The normalized spacial score (nSPS) is 13.9. The number of nitrogens with one attached hydrogen (secondary N) is 6. The summed E-state index contributed by atoms with van der Waals surface area (Å²) in [7, 11) is 0. The van der Waals surface area contributed by atoms with Crippen LogP contribution in [-0.2, 0) is 49.6 Å². The first kappa shape index (κ1) is 50.3. The van der Waals surface area contributed by atoms with Gasteiger partial charge in [0.2, 0.25) is 53.2 Å². The lowest BCUT2D eigenvalue weighted by atomic mass is 10.0. The summed E-state index contributed by atoms with van der Waals surface area (Å²) in [6, 6.07) is -1.18. The zero-order chi connectivity index (χ0) is 45.6. The minimum Gasteiger partial charge on any atom is -0.370 e. The van der Waals surface area contributed by atoms with Crippen molar-refractivity contribution in [3.63, 3.8) is 0 Å². The minimum atomic E-state index is -1.67. The van der Waals surface area contributed by atoms with Crippen molar-refractivity contribution in [3.05, 3.63) is 36.0 Å². The maximum atomic E-state index is 14.1. The molecule has 0 aliphatic rings. The number of hydrogen-bond donors (Lipinski definition) is 14. The van der Waals surface area contributed by atoms with Crippen molar-refractivity contribution < 1.29 is 43.2 Å². The van der Waals surface area contributed by atoms with Crippen LogP contribution in [0.4, 0.5) is 0 Å². The molecule has 0 saturated carbocycles. The molecule has 0 fully saturated rings. The molecule has 0 spiro atoms. The highest BCUT2D eigenvalue weighted by Crippen LogP contribution is 2.19. The van der Waals surface area contributed by atoms with E-state index < -0.39 is 95.8 Å². The zero-order valence-corrected chi connectivity index (χ0v) is 33.8. The lowest BCUT2D eigenvalue weighted by molar-refractivity contribution is -0.136. The molecule has 1 heterocycles. The fourth-order valence-electron chi connectivity index (χ4n) is 6.05. The van der Waals surface area contributed by atoms with Crippen LogP contribution in [0.5, 0.6) is 0 Å². The summed E-state index contributed by atoms with van der Waals surface area (Å²) in [6.45, 7) is 0.424. The number of fused-ring (bicyclic) bond motifs is 1. The molecule has 2 rings (SSSR count). The number of benzene rings is 1. The monoisotopic (exact) mass is 857 g/mol. The molecular formula is C37H59N15O9. The molecule has 0 saturated heterocycles. The third kappa shape index (κ3) is 18.3. The molecule has 22 N–H and O–H groups in total. The van der Waals surface area contributed by atoms with Crippen molar-refractivity contribution in [1.29, 1.82) is 0 Å². The van der Waals surface area contributed by atoms with Gasteiger partial charge in [-0.1, -0.05) is 18.2 Å². The number of carbonyl (C=O) groups is 9. The van der Waals surface area contributed by atoms with E-state index in [0.29, 0.717) is 18.4 Å². The number of amides is 9. The third-order valence-corrected chi connectivity index (χ3v) is 9.31. The number of para-hydroxylation sites is 1. The first-order valence-corrected chi connectivity index (χ1v) is 19.5. The van der Waals surface area contributed by atoms with Gasteiger partial charge in [-0.3, -0.25) is 48.1 Å². The lowest BCUT2D eigenvalue weighted by Crippen LogP contribution is -2.60. The maximum Gasteiger partial charge on any atom is 0.243 e. The van der Waals surface area contributed by atoms with Crippen molar-refractivity contribution >= 4 is 70.0 Å². The Labute approximate surface area is 351 Å². The van der Waals surface area contributed by atoms with E-state index in [1.807, 2.05) is 18.2 Å². The summed E-state index contributed by atoms with van der Waals surface area (Å²) in [4.78, 5) is 122. The highest BCUT2D eigenvalue weighted by molar-refractivity contribution is 5.98. The zero-order valence-electron chi connectivity index (χ0n) is 33.8. The molecule has 9 amide bonds. The SMILES string of the molecule is NCCCC[C@H](NC(=O)[C@H](CCC(N)=O)NC(=O)[C@H](Cc1c[nH]c2ccccc12)NC(=O)[C@@H](N)CCCN=C(N)N)C(=O)N[C@@H](CC(N)=O)C(=O)N[C@@H](CCC(N)=O)C(N)=O. The van der Waals surface area contributed by atoms with Crippen LogP contribution in [0.15, 0.2) is 35.5 Å². The minimum absolute atomic E-state index is 0.0565. The number of aromatic amines is 1. The van der Waals surface area contributed by atoms with Crippen molar-refractivity contribution in [3.8, 4) is 0 Å². The van der Waals surface area contributed by atoms with Crippen LogP contribution in [0.1, 0.15) is 69.8 Å². The van der Waals surface area contributed by atoms with Crippen molar-refractivity contribution in [1.82, 2.24) is 31.6 Å². The molecule has 6 atom stereocenters. The first-order chi connectivity index (χ1) is 28.8. The molecule has 61 heavy (non-hydrogen) atoms. The maximum absolute atomic E-state index is 14.1. The Morgan fingerprint density at radius 1 is 0.590 bits per heavy atom. The molecule has 0 aliphatic carbocycles. The van der Waals surface area contributed by atoms with Crippen LogP contribution < -0.4 is 72.5 Å². The van der Waals surface area contributed by atoms with Crippen LogP contribution >= 0.6 is 0 Å². The number of unbranched alkanes of at least 4 members (excludes halogenated alkanes) is 1. The number of carbonyl (C=O) groups excluding carboxylic acids is 9. The van der Waals surface area contributed by atoms with Crippen LogP contribution in [0.25, 0.3) is 10.9 Å². The predicted octanol–water partition coefficient (Wildman–Crippen LogP) is -5.46. The topological polar surface area (TPSA) is 450 Å². The Morgan fingerprint density at radius 3 is 1.69 bits per heavy atom. The van der Waals surface area contributed by atoms with E-state index in [1.54, 1.807) is 12.3 Å². The molecule has 1 aromatic heterocycles. The second-order valence-electron chi connectivity index (χ2n) is 14.3.